The second-order valence-electron chi connectivity index (χ2n) is 5.45. The minimum atomic E-state index is -1.42. The standard InChI is InChI=1S/C12H17N5O6/c1-15-8-5(9(21)16(2)12(15)22)17(11(13)14-8)10-7(20)6(19)4(3-18)23-10/h4,6-7,10,18-20H,3H2,1-2H3,(H2,13,14)/t4-,6-,7-,10-/m0/s1. The summed E-state index contributed by atoms with van der Waals surface area (Å²) < 4.78 is 8.54. The van der Waals surface area contributed by atoms with Crippen LogP contribution in [0.25, 0.3) is 11.2 Å². The molecular formula is C12H17N5O6. The molecule has 0 bridgehead atoms. The van der Waals surface area contributed by atoms with Gasteiger partial charge in [0.05, 0.1) is 6.61 Å². The smallest absolute Gasteiger partial charge is 0.332 e. The summed E-state index contributed by atoms with van der Waals surface area (Å²) in [7, 11) is 2.73. The van der Waals surface area contributed by atoms with Gasteiger partial charge in [-0.3, -0.25) is 18.5 Å². The van der Waals surface area contributed by atoms with Crippen LogP contribution in [-0.4, -0.2) is 58.9 Å². The van der Waals surface area contributed by atoms with Gasteiger partial charge < -0.3 is 25.8 Å². The van der Waals surface area contributed by atoms with E-state index >= 15 is 0 Å². The zero-order valence-electron chi connectivity index (χ0n) is 12.4. The van der Waals surface area contributed by atoms with Crippen molar-refractivity contribution in [1.82, 2.24) is 18.7 Å². The lowest BCUT2D eigenvalue weighted by atomic mass is 10.1. The fourth-order valence-corrected chi connectivity index (χ4v) is 2.78. The van der Waals surface area contributed by atoms with E-state index in [-0.39, 0.29) is 17.1 Å². The molecule has 2 aromatic heterocycles. The maximum absolute atomic E-state index is 12.4. The van der Waals surface area contributed by atoms with Gasteiger partial charge in [0.1, 0.15) is 18.3 Å². The molecule has 5 N–H and O–H groups in total. The van der Waals surface area contributed by atoms with Crippen molar-refractivity contribution in [3.63, 3.8) is 0 Å². The molecule has 4 atom stereocenters. The number of imidazole rings is 1. The quantitative estimate of drug-likeness (QED) is 0.445. The molecule has 2 aromatic rings. The van der Waals surface area contributed by atoms with E-state index in [2.05, 4.69) is 4.98 Å². The van der Waals surface area contributed by atoms with Gasteiger partial charge in [-0.1, -0.05) is 0 Å². The number of aliphatic hydroxyl groups is 3. The Kier molecular flexibility index (Phi) is 3.52. The molecule has 1 fully saturated rings. The van der Waals surface area contributed by atoms with Gasteiger partial charge in [0, 0.05) is 14.1 Å². The highest BCUT2D eigenvalue weighted by Gasteiger charge is 2.45. The monoisotopic (exact) mass is 327 g/mol. The topological polar surface area (TPSA) is 158 Å². The number of rotatable bonds is 2. The second kappa shape index (κ2) is 5.16. The Hall–Kier alpha value is -2.21. The molecule has 3 heterocycles. The van der Waals surface area contributed by atoms with Crippen LogP contribution >= 0.6 is 0 Å². The third-order valence-electron chi connectivity index (χ3n) is 4.09. The Morgan fingerprint density at radius 3 is 2.43 bits per heavy atom. The van der Waals surface area contributed by atoms with Gasteiger partial charge in [-0.2, -0.15) is 4.98 Å². The van der Waals surface area contributed by atoms with Crippen molar-refractivity contribution in [2.75, 3.05) is 12.3 Å². The zero-order chi connectivity index (χ0) is 17.0. The Labute approximate surface area is 128 Å². The van der Waals surface area contributed by atoms with Crippen molar-refractivity contribution in [1.29, 1.82) is 0 Å². The average Bonchev–Trinajstić information content (AvgIpc) is 3.01. The molecule has 11 heteroatoms. The minimum absolute atomic E-state index is 0.0355. The number of aromatic nitrogens is 4. The maximum atomic E-state index is 12.4. The number of hydrogen-bond acceptors (Lipinski definition) is 8. The van der Waals surface area contributed by atoms with E-state index in [9.17, 15) is 19.8 Å². The number of nitrogen functional groups attached to an aromatic ring is 1. The summed E-state index contributed by atoms with van der Waals surface area (Å²) in [4.78, 5) is 28.3. The van der Waals surface area contributed by atoms with Gasteiger partial charge >= 0.3 is 5.69 Å². The zero-order valence-corrected chi connectivity index (χ0v) is 12.4. The van der Waals surface area contributed by atoms with Crippen molar-refractivity contribution in [2.24, 2.45) is 14.1 Å². The highest BCUT2D eigenvalue weighted by molar-refractivity contribution is 5.74. The van der Waals surface area contributed by atoms with Gasteiger partial charge in [0.2, 0.25) is 5.95 Å². The Bertz CT molecular complexity index is 883. The van der Waals surface area contributed by atoms with Crippen LogP contribution < -0.4 is 17.0 Å². The van der Waals surface area contributed by atoms with Crippen molar-refractivity contribution < 1.29 is 20.1 Å². The highest BCUT2D eigenvalue weighted by atomic mass is 16.6. The number of anilines is 1. The van der Waals surface area contributed by atoms with Gasteiger partial charge in [0.25, 0.3) is 5.56 Å². The number of nitrogens with zero attached hydrogens (tertiary/aromatic N) is 4. The molecule has 11 nitrogen and oxygen atoms in total. The summed E-state index contributed by atoms with van der Waals surface area (Å²) in [6, 6.07) is 0. The normalized spacial score (nSPS) is 27.9. The molecule has 1 saturated heterocycles. The third kappa shape index (κ3) is 2.01. The molecule has 3 rings (SSSR count). The molecule has 1 aliphatic heterocycles. The summed E-state index contributed by atoms with van der Waals surface area (Å²) in [6.45, 7) is -0.516. The van der Waals surface area contributed by atoms with Gasteiger partial charge in [-0.15, -0.1) is 0 Å². The Morgan fingerprint density at radius 1 is 1.22 bits per heavy atom. The van der Waals surface area contributed by atoms with Crippen molar-refractivity contribution in [3.05, 3.63) is 20.8 Å². The van der Waals surface area contributed by atoms with Crippen molar-refractivity contribution in [2.45, 2.75) is 24.5 Å². The summed E-state index contributed by atoms with van der Waals surface area (Å²) >= 11 is 0. The Morgan fingerprint density at radius 2 is 1.87 bits per heavy atom. The molecule has 0 amide bonds. The summed E-state index contributed by atoms with van der Waals surface area (Å²) in [5, 5.41) is 29.2. The first-order valence-corrected chi connectivity index (χ1v) is 6.85. The first-order valence-electron chi connectivity index (χ1n) is 6.85. The first-order chi connectivity index (χ1) is 10.8. The van der Waals surface area contributed by atoms with Crippen LogP contribution in [0.3, 0.4) is 0 Å². The lowest BCUT2D eigenvalue weighted by Gasteiger charge is -2.18. The van der Waals surface area contributed by atoms with E-state index in [0.717, 1.165) is 13.7 Å². The molecular weight excluding hydrogens is 310 g/mol. The summed E-state index contributed by atoms with van der Waals surface area (Å²) in [6.07, 6.45) is -5.01. The highest BCUT2D eigenvalue weighted by Crippen LogP contribution is 2.32. The van der Waals surface area contributed by atoms with Crippen LogP contribution in [-0.2, 0) is 18.8 Å². The second-order valence-corrected chi connectivity index (χ2v) is 5.45. The number of ether oxygens (including phenoxy) is 1. The molecule has 1 aliphatic rings. The molecule has 0 saturated carbocycles. The van der Waals surface area contributed by atoms with Crippen LogP contribution in [0.5, 0.6) is 0 Å². The summed E-state index contributed by atoms with van der Waals surface area (Å²) in [5.41, 5.74) is 4.58. The molecule has 0 unspecified atom stereocenters. The van der Waals surface area contributed by atoms with Gasteiger partial charge in [-0.05, 0) is 0 Å². The average molecular weight is 327 g/mol. The number of nitrogens with two attached hydrogens (primary N) is 1. The minimum Gasteiger partial charge on any atom is -0.394 e. The molecule has 0 aliphatic carbocycles. The fourth-order valence-electron chi connectivity index (χ4n) is 2.78. The van der Waals surface area contributed by atoms with E-state index in [4.69, 9.17) is 15.6 Å². The van der Waals surface area contributed by atoms with Crippen LogP contribution in [0.4, 0.5) is 5.95 Å². The molecule has 23 heavy (non-hydrogen) atoms. The Balaban J connectivity index is 2.30. The SMILES string of the molecule is Cn1c(=O)c2c(nc(N)n2[C@H]2O[C@@H](CO)[C@H](O)[C@@H]2O)n(C)c1=O. The number of hydrogen-bond donors (Lipinski definition) is 4. The van der Waals surface area contributed by atoms with Crippen molar-refractivity contribution in [3.8, 4) is 0 Å². The first kappa shape index (κ1) is 15.7. The molecule has 126 valence electrons. The molecule has 0 radical (unpaired) electrons. The molecule has 0 aromatic carbocycles. The third-order valence-corrected chi connectivity index (χ3v) is 4.09. The van der Waals surface area contributed by atoms with Crippen LogP contribution in [0.2, 0.25) is 0 Å². The lowest BCUT2D eigenvalue weighted by Crippen LogP contribution is -2.38. The number of fused-ring (bicyclic) bond motifs is 1. The summed E-state index contributed by atoms with van der Waals surface area (Å²) in [5.74, 6) is -0.159. The fraction of sp³-hybridized carbons (Fsp3) is 0.583. The lowest BCUT2D eigenvalue weighted by molar-refractivity contribution is -0.0499. The van der Waals surface area contributed by atoms with Crippen LogP contribution in [0.1, 0.15) is 6.23 Å². The van der Waals surface area contributed by atoms with Crippen LogP contribution in [0.15, 0.2) is 9.59 Å². The van der Waals surface area contributed by atoms with E-state index in [1.54, 1.807) is 0 Å². The maximum Gasteiger partial charge on any atom is 0.332 e. The van der Waals surface area contributed by atoms with Gasteiger partial charge in [0.15, 0.2) is 17.4 Å². The number of aliphatic hydroxyl groups excluding tert-OH is 3. The predicted octanol–water partition coefficient (Wildman–Crippen LogP) is -3.37. The van der Waals surface area contributed by atoms with Gasteiger partial charge in [-0.25, -0.2) is 4.79 Å². The van der Waals surface area contributed by atoms with E-state index < -0.39 is 42.4 Å². The van der Waals surface area contributed by atoms with E-state index in [1.165, 1.54) is 14.1 Å². The van der Waals surface area contributed by atoms with Crippen molar-refractivity contribution >= 4 is 17.1 Å². The predicted molar refractivity (Wildman–Crippen MR) is 77.6 cm³/mol. The largest absolute Gasteiger partial charge is 0.394 e. The van der Waals surface area contributed by atoms with E-state index in [1.807, 2.05) is 0 Å². The van der Waals surface area contributed by atoms with E-state index in [0.29, 0.717) is 0 Å². The molecule has 0 spiro atoms. The van der Waals surface area contributed by atoms with Crippen LogP contribution in [0, 0.1) is 0 Å². The number of aryl methyl sites for hydroxylation is 1.